The van der Waals surface area contributed by atoms with Crippen LogP contribution in [0.25, 0.3) is 0 Å². The van der Waals surface area contributed by atoms with E-state index in [0.717, 1.165) is 38.7 Å². The van der Waals surface area contributed by atoms with Crippen molar-refractivity contribution >= 4 is 5.97 Å². The molecule has 0 N–H and O–H groups in total. The summed E-state index contributed by atoms with van der Waals surface area (Å²) in [6.07, 6.45) is 8.20. The Bertz CT molecular complexity index is 157. The van der Waals surface area contributed by atoms with E-state index in [0.29, 0.717) is 13.0 Å². The smallest absolute Gasteiger partial charge is 0.305 e. The lowest BCUT2D eigenvalue weighted by Gasteiger charge is -2.03. The van der Waals surface area contributed by atoms with E-state index < -0.39 is 0 Å². The second-order valence-corrected chi connectivity index (χ2v) is 4.08. The quantitative estimate of drug-likeness (QED) is 0.403. The number of methoxy groups -OCH3 is 1. The maximum Gasteiger partial charge on any atom is 0.305 e. The predicted octanol–water partition coefficient (Wildman–Crippen LogP) is 3.32. The second kappa shape index (κ2) is 12.5. The number of hydrogen-bond donors (Lipinski definition) is 0. The van der Waals surface area contributed by atoms with E-state index >= 15 is 0 Å². The van der Waals surface area contributed by atoms with Crippen molar-refractivity contribution in [1.29, 1.82) is 0 Å². The van der Waals surface area contributed by atoms with Crippen LogP contribution >= 0.6 is 0 Å². The Hall–Kier alpha value is -0.570. The summed E-state index contributed by atoms with van der Waals surface area (Å²) in [6.45, 7) is 3.52. The molecule has 0 amide bonds. The van der Waals surface area contributed by atoms with Gasteiger partial charge < -0.3 is 9.47 Å². The van der Waals surface area contributed by atoms with E-state index in [1.165, 1.54) is 12.8 Å². The van der Waals surface area contributed by atoms with Crippen LogP contribution in [-0.2, 0) is 14.3 Å². The van der Waals surface area contributed by atoms with Gasteiger partial charge in [-0.3, -0.25) is 4.79 Å². The molecule has 16 heavy (non-hydrogen) atoms. The zero-order valence-corrected chi connectivity index (χ0v) is 10.8. The van der Waals surface area contributed by atoms with Crippen LogP contribution in [0, 0.1) is 0 Å². The van der Waals surface area contributed by atoms with Gasteiger partial charge in [-0.1, -0.05) is 32.6 Å². The Balaban J connectivity index is 3.09. The molecule has 0 aliphatic carbocycles. The molecule has 0 bridgehead atoms. The third-order valence-electron chi connectivity index (χ3n) is 2.49. The van der Waals surface area contributed by atoms with Gasteiger partial charge in [0.2, 0.25) is 0 Å². The fourth-order valence-corrected chi connectivity index (χ4v) is 1.45. The van der Waals surface area contributed by atoms with Gasteiger partial charge in [0.05, 0.1) is 6.61 Å². The monoisotopic (exact) mass is 230 g/mol. The number of ether oxygens (including phenoxy) is 2. The van der Waals surface area contributed by atoms with Gasteiger partial charge in [0.15, 0.2) is 0 Å². The summed E-state index contributed by atoms with van der Waals surface area (Å²) >= 11 is 0. The number of rotatable bonds is 11. The molecular weight excluding hydrogens is 204 g/mol. The van der Waals surface area contributed by atoms with Gasteiger partial charge >= 0.3 is 5.97 Å². The van der Waals surface area contributed by atoms with Gasteiger partial charge in [-0.25, -0.2) is 0 Å². The van der Waals surface area contributed by atoms with Crippen molar-refractivity contribution in [3.05, 3.63) is 0 Å². The zero-order chi connectivity index (χ0) is 12.1. The second-order valence-electron chi connectivity index (χ2n) is 4.08. The van der Waals surface area contributed by atoms with Crippen molar-refractivity contribution in [2.45, 2.75) is 58.3 Å². The first kappa shape index (κ1) is 15.4. The van der Waals surface area contributed by atoms with Gasteiger partial charge in [0, 0.05) is 20.1 Å². The lowest BCUT2D eigenvalue weighted by molar-refractivity contribution is -0.143. The van der Waals surface area contributed by atoms with Crippen LogP contribution in [0.3, 0.4) is 0 Å². The summed E-state index contributed by atoms with van der Waals surface area (Å²) < 4.78 is 10.0. The molecule has 0 unspecified atom stereocenters. The Morgan fingerprint density at radius 2 is 1.62 bits per heavy atom. The molecule has 0 aliphatic heterocycles. The van der Waals surface area contributed by atoms with Crippen molar-refractivity contribution in [2.75, 3.05) is 20.3 Å². The van der Waals surface area contributed by atoms with E-state index in [1.54, 1.807) is 7.11 Å². The maximum absolute atomic E-state index is 11.2. The summed E-state index contributed by atoms with van der Waals surface area (Å²) in [7, 11) is 1.73. The maximum atomic E-state index is 11.2. The van der Waals surface area contributed by atoms with Gasteiger partial charge in [-0.15, -0.1) is 0 Å². The summed E-state index contributed by atoms with van der Waals surface area (Å²) in [5.41, 5.74) is 0. The highest BCUT2D eigenvalue weighted by atomic mass is 16.5. The third-order valence-corrected chi connectivity index (χ3v) is 2.49. The molecule has 0 rings (SSSR count). The Kier molecular flexibility index (Phi) is 12.1. The fourth-order valence-electron chi connectivity index (χ4n) is 1.45. The Morgan fingerprint density at radius 1 is 0.938 bits per heavy atom. The fraction of sp³-hybridized carbons (Fsp3) is 0.923. The van der Waals surface area contributed by atoms with Crippen molar-refractivity contribution in [2.24, 2.45) is 0 Å². The standard InChI is InChI=1S/C13H26O3/c1-3-4-12-16-13(14)10-8-6-5-7-9-11-15-2/h3-12H2,1-2H3. The van der Waals surface area contributed by atoms with Crippen molar-refractivity contribution < 1.29 is 14.3 Å². The molecule has 0 aromatic rings. The van der Waals surface area contributed by atoms with Crippen LogP contribution in [0.1, 0.15) is 58.3 Å². The number of esters is 1. The first-order chi connectivity index (χ1) is 7.81. The van der Waals surface area contributed by atoms with Crippen molar-refractivity contribution in [3.63, 3.8) is 0 Å². The van der Waals surface area contributed by atoms with Crippen LogP contribution in [0.4, 0.5) is 0 Å². The molecule has 96 valence electrons. The van der Waals surface area contributed by atoms with E-state index in [2.05, 4.69) is 6.92 Å². The molecule has 0 aromatic carbocycles. The predicted molar refractivity (Wildman–Crippen MR) is 65.4 cm³/mol. The molecule has 3 heteroatoms. The summed E-state index contributed by atoms with van der Waals surface area (Å²) in [4.78, 5) is 11.2. The number of hydrogen-bond acceptors (Lipinski definition) is 3. The van der Waals surface area contributed by atoms with Crippen LogP contribution in [0.5, 0.6) is 0 Å². The van der Waals surface area contributed by atoms with Crippen LogP contribution < -0.4 is 0 Å². The summed E-state index contributed by atoms with van der Waals surface area (Å²) in [5.74, 6) is -0.0367. The third kappa shape index (κ3) is 11.5. The molecule has 0 fully saturated rings. The Morgan fingerprint density at radius 3 is 2.31 bits per heavy atom. The van der Waals surface area contributed by atoms with Crippen LogP contribution in [0.15, 0.2) is 0 Å². The number of carbonyl (C=O) groups excluding carboxylic acids is 1. The molecule has 3 nitrogen and oxygen atoms in total. The SMILES string of the molecule is CCCCOC(=O)CCCCCCCOC. The number of carbonyl (C=O) groups is 1. The highest BCUT2D eigenvalue weighted by Crippen LogP contribution is 2.06. The van der Waals surface area contributed by atoms with E-state index in [-0.39, 0.29) is 5.97 Å². The zero-order valence-electron chi connectivity index (χ0n) is 10.8. The molecule has 0 atom stereocenters. The number of unbranched alkanes of at least 4 members (excludes halogenated alkanes) is 5. The van der Waals surface area contributed by atoms with Crippen molar-refractivity contribution in [1.82, 2.24) is 0 Å². The molecule has 0 heterocycles. The minimum atomic E-state index is -0.0367. The molecule has 0 spiro atoms. The normalized spacial score (nSPS) is 10.4. The molecular formula is C13H26O3. The lowest BCUT2D eigenvalue weighted by atomic mass is 10.1. The van der Waals surface area contributed by atoms with Gasteiger partial charge in [0.1, 0.15) is 0 Å². The van der Waals surface area contributed by atoms with Crippen LogP contribution in [-0.4, -0.2) is 26.3 Å². The lowest BCUT2D eigenvalue weighted by Crippen LogP contribution is -2.05. The highest BCUT2D eigenvalue weighted by molar-refractivity contribution is 5.69. The minimum absolute atomic E-state index is 0.0367. The molecule has 0 aliphatic rings. The topological polar surface area (TPSA) is 35.5 Å². The van der Waals surface area contributed by atoms with Crippen LogP contribution in [0.2, 0.25) is 0 Å². The Labute approximate surface area is 99.5 Å². The summed E-state index contributed by atoms with van der Waals surface area (Å²) in [5, 5.41) is 0. The van der Waals surface area contributed by atoms with E-state index in [9.17, 15) is 4.79 Å². The van der Waals surface area contributed by atoms with Crippen molar-refractivity contribution in [3.8, 4) is 0 Å². The van der Waals surface area contributed by atoms with E-state index in [4.69, 9.17) is 9.47 Å². The largest absolute Gasteiger partial charge is 0.466 e. The van der Waals surface area contributed by atoms with E-state index in [1.807, 2.05) is 0 Å². The first-order valence-corrected chi connectivity index (χ1v) is 6.45. The van der Waals surface area contributed by atoms with Gasteiger partial charge in [-0.05, 0) is 19.3 Å². The highest BCUT2D eigenvalue weighted by Gasteiger charge is 2.01. The minimum Gasteiger partial charge on any atom is -0.466 e. The molecule has 0 aromatic heterocycles. The molecule has 0 saturated carbocycles. The summed E-state index contributed by atoms with van der Waals surface area (Å²) in [6, 6.07) is 0. The molecule has 0 radical (unpaired) electrons. The average Bonchev–Trinajstić information content (AvgIpc) is 2.28. The van der Waals surface area contributed by atoms with Gasteiger partial charge in [0.25, 0.3) is 0 Å². The average molecular weight is 230 g/mol. The first-order valence-electron chi connectivity index (χ1n) is 6.45. The van der Waals surface area contributed by atoms with Gasteiger partial charge in [-0.2, -0.15) is 0 Å². The molecule has 0 saturated heterocycles.